The molecule has 0 spiro atoms. The number of ketones is 1. The van der Waals surface area contributed by atoms with Crippen molar-refractivity contribution in [2.75, 3.05) is 39.5 Å². The Morgan fingerprint density at radius 1 is 1.00 bits per heavy atom. The van der Waals surface area contributed by atoms with Crippen molar-refractivity contribution in [3.05, 3.63) is 35.9 Å². The van der Waals surface area contributed by atoms with Gasteiger partial charge in [-0.25, -0.2) is 0 Å². The van der Waals surface area contributed by atoms with Crippen LogP contribution in [-0.2, 0) is 35.1 Å². The highest BCUT2D eigenvalue weighted by atomic mass is 16.6. The summed E-state index contributed by atoms with van der Waals surface area (Å²) in [4.78, 5) is 53.9. The standard InChI is InChI=1S/C27H38N4O6/c1-18(28-23(32)16-31-10-12-36-13-11-31)25(34)30-22(15-20-8-9-20)26(35)29-21(24(33)27(2)17-37-27)14-19-6-4-3-5-7-19/h3-7,18,20-22H,8-17H2,1-2H3,(H,28,32)(H,29,35)(H,30,34)/t18-,21?,22-,27+/m0/s1. The van der Waals surface area contributed by atoms with Crippen molar-refractivity contribution in [3.63, 3.8) is 0 Å². The maximum absolute atomic E-state index is 13.4. The fraction of sp³-hybridized carbons (Fsp3) is 0.630. The monoisotopic (exact) mass is 514 g/mol. The van der Waals surface area contributed by atoms with Crippen LogP contribution in [0.25, 0.3) is 0 Å². The van der Waals surface area contributed by atoms with Gasteiger partial charge in [0.05, 0.1) is 32.4 Å². The highest BCUT2D eigenvalue weighted by Gasteiger charge is 2.50. The molecule has 3 amide bonds. The minimum Gasteiger partial charge on any atom is -0.379 e. The lowest BCUT2D eigenvalue weighted by molar-refractivity contribution is -0.134. The number of hydrogen-bond acceptors (Lipinski definition) is 7. The zero-order chi connectivity index (χ0) is 26.4. The first-order valence-electron chi connectivity index (χ1n) is 13.2. The van der Waals surface area contributed by atoms with E-state index in [0.717, 1.165) is 18.4 Å². The van der Waals surface area contributed by atoms with Crippen LogP contribution in [0.2, 0.25) is 0 Å². The minimum absolute atomic E-state index is 0.176. The van der Waals surface area contributed by atoms with Crippen LogP contribution in [0.4, 0.5) is 0 Å². The van der Waals surface area contributed by atoms with Crippen LogP contribution < -0.4 is 16.0 Å². The van der Waals surface area contributed by atoms with Gasteiger partial charge >= 0.3 is 0 Å². The molecular weight excluding hydrogens is 476 g/mol. The number of morpholine rings is 1. The topological polar surface area (TPSA) is 129 Å². The van der Waals surface area contributed by atoms with Crippen molar-refractivity contribution in [2.24, 2.45) is 5.92 Å². The second-order valence-corrected chi connectivity index (χ2v) is 10.6. The van der Waals surface area contributed by atoms with Crippen LogP contribution in [0.15, 0.2) is 30.3 Å². The first-order chi connectivity index (χ1) is 17.7. The Kier molecular flexibility index (Phi) is 8.94. The zero-order valence-corrected chi connectivity index (χ0v) is 21.7. The van der Waals surface area contributed by atoms with Gasteiger partial charge in [0.1, 0.15) is 17.7 Å². The fourth-order valence-corrected chi connectivity index (χ4v) is 4.48. The average Bonchev–Trinajstić information content (AvgIpc) is 3.82. The van der Waals surface area contributed by atoms with E-state index in [4.69, 9.17) is 9.47 Å². The van der Waals surface area contributed by atoms with Crippen molar-refractivity contribution in [3.8, 4) is 0 Å². The van der Waals surface area contributed by atoms with Crippen molar-refractivity contribution in [2.45, 2.75) is 63.3 Å². The Morgan fingerprint density at radius 2 is 1.65 bits per heavy atom. The highest BCUT2D eigenvalue weighted by molar-refractivity contribution is 5.98. The number of nitrogens with zero attached hydrogens (tertiary/aromatic N) is 1. The van der Waals surface area contributed by atoms with E-state index in [-0.39, 0.29) is 18.2 Å². The summed E-state index contributed by atoms with van der Waals surface area (Å²) in [5.74, 6) is -0.899. The van der Waals surface area contributed by atoms with Gasteiger partial charge in [0.2, 0.25) is 17.7 Å². The van der Waals surface area contributed by atoms with E-state index in [9.17, 15) is 19.2 Å². The number of epoxide rings is 1. The number of hydrogen-bond donors (Lipinski definition) is 3. The number of ether oxygens (including phenoxy) is 2. The molecular formula is C27H38N4O6. The number of amides is 3. The number of carbonyl (C=O) groups is 4. The number of rotatable bonds is 13. The fourth-order valence-electron chi connectivity index (χ4n) is 4.48. The van der Waals surface area contributed by atoms with Gasteiger partial charge in [0.25, 0.3) is 0 Å². The molecule has 1 aromatic carbocycles. The second kappa shape index (κ2) is 12.1. The molecule has 2 saturated heterocycles. The van der Waals surface area contributed by atoms with Gasteiger partial charge in [-0.15, -0.1) is 0 Å². The molecule has 0 bridgehead atoms. The molecule has 2 heterocycles. The third kappa shape index (κ3) is 8.08. The van der Waals surface area contributed by atoms with Crippen molar-refractivity contribution in [1.82, 2.24) is 20.9 Å². The van der Waals surface area contributed by atoms with Crippen LogP contribution in [0.1, 0.15) is 38.7 Å². The highest BCUT2D eigenvalue weighted by Crippen LogP contribution is 2.34. The molecule has 10 heteroatoms. The van der Waals surface area contributed by atoms with Gasteiger partial charge in [-0.05, 0) is 38.2 Å². The summed E-state index contributed by atoms with van der Waals surface area (Å²) in [5, 5.41) is 8.44. The molecule has 3 aliphatic rings. The van der Waals surface area contributed by atoms with E-state index < -0.39 is 35.5 Å². The summed E-state index contributed by atoms with van der Waals surface area (Å²) in [5.41, 5.74) is 0.0334. The molecule has 3 fully saturated rings. The smallest absolute Gasteiger partial charge is 0.243 e. The van der Waals surface area contributed by atoms with Gasteiger partial charge in [-0.2, -0.15) is 0 Å². The normalized spacial score (nSPS) is 23.8. The minimum atomic E-state index is -0.888. The van der Waals surface area contributed by atoms with Gasteiger partial charge in [0, 0.05) is 13.1 Å². The van der Waals surface area contributed by atoms with Gasteiger partial charge in [-0.3, -0.25) is 24.1 Å². The van der Waals surface area contributed by atoms with E-state index in [1.807, 2.05) is 35.2 Å². The van der Waals surface area contributed by atoms with Crippen molar-refractivity contribution < 1.29 is 28.7 Å². The summed E-state index contributed by atoms with van der Waals surface area (Å²) >= 11 is 0. The number of nitrogens with one attached hydrogen (secondary N) is 3. The third-order valence-electron chi connectivity index (χ3n) is 7.15. The van der Waals surface area contributed by atoms with Crippen molar-refractivity contribution >= 4 is 23.5 Å². The van der Waals surface area contributed by atoms with Crippen LogP contribution in [0.5, 0.6) is 0 Å². The van der Waals surface area contributed by atoms with Gasteiger partial charge in [-0.1, -0.05) is 43.2 Å². The van der Waals surface area contributed by atoms with Crippen LogP contribution in [0.3, 0.4) is 0 Å². The predicted molar refractivity (Wildman–Crippen MR) is 136 cm³/mol. The largest absolute Gasteiger partial charge is 0.379 e. The summed E-state index contributed by atoms with van der Waals surface area (Å²) in [7, 11) is 0. The molecule has 4 atom stereocenters. The molecule has 4 rings (SSSR count). The molecule has 2 aliphatic heterocycles. The SMILES string of the molecule is C[C@H](NC(=O)CN1CCOCC1)C(=O)N[C@@H](CC1CC1)C(=O)NC(Cc1ccccc1)C(=O)[C@@]1(C)CO1. The van der Waals surface area contributed by atoms with E-state index in [0.29, 0.717) is 51.7 Å². The van der Waals surface area contributed by atoms with Crippen LogP contribution in [-0.4, -0.2) is 91.6 Å². The van der Waals surface area contributed by atoms with Gasteiger partial charge < -0.3 is 25.4 Å². The molecule has 1 aliphatic carbocycles. The van der Waals surface area contributed by atoms with E-state index in [1.165, 1.54) is 0 Å². The van der Waals surface area contributed by atoms with E-state index in [2.05, 4.69) is 16.0 Å². The first kappa shape index (κ1) is 27.2. The Labute approximate surface area is 217 Å². The number of Topliss-reactive ketones (excluding diaryl/α,β-unsaturated/α-hetero) is 1. The summed E-state index contributed by atoms with van der Waals surface area (Å²) < 4.78 is 10.7. The lowest BCUT2D eigenvalue weighted by Crippen LogP contribution is -2.57. The van der Waals surface area contributed by atoms with Crippen LogP contribution >= 0.6 is 0 Å². The Balaban J connectivity index is 1.36. The summed E-state index contributed by atoms with van der Waals surface area (Å²) in [6.07, 6.45) is 2.84. The molecule has 3 N–H and O–H groups in total. The van der Waals surface area contributed by atoms with Crippen LogP contribution in [0, 0.1) is 5.92 Å². The molecule has 0 aromatic heterocycles. The summed E-state index contributed by atoms with van der Waals surface area (Å²) in [6, 6.07) is 7.12. The lowest BCUT2D eigenvalue weighted by Gasteiger charge is -2.27. The Morgan fingerprint density at radius 3 is 2.27 bits per heavy atom. The first-order valence-corrected chi connectivity index (χ1v) is 13.2. The quantitative estimate of drug-likeness (QED) is 0.321. The van der Waals surface area contributed by atoms with Gasteiger partial charge in [0.15, 0.2) is 5.78 Å². The third-order valence-corrected chi connectivity index (χ3v) is 7.15. The lowest BCUT2D eigenvalue weighted by atomic mass is 9.94. The number of benzene rings is 1. The second-order valence-electron chi connectivity index (χ2n) is 10.6. The maximum atomic E-state index is 13.4. The molecule has 1 aromatic rings. The molecule has 37 heavy (non-hydrogen) atoms. The Bertz CT molecular complexity index is 972. The van der Waals surface area contributed by atoms with E-state index >= 15 is 0 Å². The average molecular weight is 515 g/mol. The molecule has 10 nitrogen and oxygen atoms in total. The molecule has 1 saturated carbocycles. The molecule has 1 unspecified atom stereocenters. The molecule has 202 valence electrons. The zero-order valence-electron chi connectivity index (χ0n) is 21.7. The van der Waals surface area contributed by atoms with Crippen molar-refractivity contribution in [1.29, 1.82) is 0 Å². The Hall–Kier alpha value is -2.82. The summed E-state index contributed by atoms with van der Waals surface area (Å²) in [6.45, 7) is 6.36. The maximum Gasteiger partial charge on any atom is 0.243 e. The number of carbonyl (C=O) groups excluding carboxylic acids is 4. The molecule has 0 radical (unpaired) electrons. The van der Waals surface area contributed by atoms with E-state index in [1.54, 1.807) is 13.8 Å². The predicted octanol–water partition coefficient (Wildman–Crippen LogP) is 0.194.